The third-order valence-corrected chi connectivity index (χ3v) is 13.4. The molecule has 6 nitrogen and oxygen atoms in total. The van der Waals surface area contributed by atoms with Crippen LogP contribution in [0.1, 0.15) is 112 Å². The molecule has 4 aliphatic rings. The highest BCUT2D eigenvalue weighted by Crippen LogP contribution is 2.50. The summed E-state index contributed by atoms with van der Waals surface area (Å²) in [4.78, 5) is 18.4. The first kappa shape index (κ1) is 33.7. The van der Waals surface area contributed by atoms with Crippen molar-refractivity contribution in [3.63, 3.8) is 0 Å². The molecule has 4 aliphatic carbocycles. The van der Waals surface area contributed by atoms with Crippen molar-refractivity contribution in [1.82, 2.24) is 4.98 Å². The zero-order valence-electron chi connectivity index (χ0n) is 31.2. The number of hydrogen-bond donors (Lipinski definition) is 1. The zero-order chi connectivity index (χ0) is 36.2. The van der Waals surface area contributed by atoms with Gasteiger partial charge in [0.15, 0.2) is 0 Å². The normalized spacial score (nSPS) is 16.2. The minimum Gasteiger partial charge on any atom is -0.390 e. The second-order valence-corrected chi connectivity index (χ2v) is 16.8. The van der Waals surface area contributed by atoms with E-state index in [0.717, 1.165) is 104 Å². The molecule has 1 amide bonds. The van der Waals surface area contributed by atoms with Crippen molar-refractivity contribution in [3.8, 4) is 16.9 Å². The van der Waals surface area contributed by atoms with Gasteiger partial charge in [-0.15, -0.1) is 0 Å². The average molecular weight is 735 g/mol. The van der Waals surface area contributed by atoms with Gasteiger partial charge in [0.25, 0.3) is 5.91 Å². The van der Waals surface area contributed by atoms with E-state index < -0.39 is 8.24 Å². The first-order chi connectivity index (χ1) is 26.6. The van der Waals surface area contributed by atoms with E-state index in [1.165, 1.54) is 93.8 Å². The number of carbonyl (C=O) groups excluding carboxylic acids is 1. The number of amides is 1. The SMILES string of the molecule is Cc1cccc(C(=O)Nc2ccc3c(c2-c2c(Op4oc5ccc6c(c5c5c7c(ccc5o4)CCCC7)CCCC6)ccc4c2CCCC4)CCCC3)n1. The van der Waals surface area contributed by atoms with Gasteiger partial charge in [0.1, 0.15) is 22.6 Å². The summed E-state index contributed by atoms with van der Waals surface area (Å²) in [7, 11) is -1.87. The summed E-state index contributed by atoms with van der Waals surface area (Å²) in [6.07, 6.45) is 17.7. The van der Waals surface area contributed by atoms with Gasteiger partial charge in [0, 0.05) is 33.3 Å². The van der Waals surface area contributed by atoms with Crippen molar-refractivity contribution in [2.24, 2.45) is 0 Å². The zero-order valence-corrected chi connectivity index (χ0v) is 32.1. The molecule has 274 valence electrons. The monoisotopic (exact) mass is 734 g/mol. The van der Waals surface area contributed by atoms with Crippen molar-refractivity contribution < 1.29 is 17.7 Å². The van der Waals surface area contributed by atoms with Crippen molar-refractivity contribution in [1.29, 1.82) is 0 Å². The molecule has 1 N–H and O–H groups in total. The topological polar surface area (TPSA) is 77.5 Å². The number of aryl methyl sites for hydroxylation is 7. The predicted molar refractivity (Wildman–Crippen MR) is 218 cm³/mol. The number of pyridine rings is 1. The second kappa shape index (κ2) is 14.1. The maximum atomic E-state index is 13.8. The van der Waals surface area contributed by atoms with Crippen molar-refractivity contribution >= 4 is 41.8 Å². The Kier molecular flexibility index (Phi) is 8.83. The highest BCUT2D eigenvalue weighted by molar-refractivity contribution is 7.32. The molecule has 2 aromatic heterocycles. The highest BCUT2D eigenvalue weighted by Gasteiger charge is 2.28. The number of nitrogens with one attached hydrogen (secondary N) is 1. The number of fused-ring (bicyclic) bond motifs is 9. The number of benzene rings is 4. The molecule has 0 atom stereocenters. The van der Waals surface area contributed by atoms with Gasteiger partial charge in [-0.25, -0.2) is 4.98 Å². The molecular formula is C47H47N2O4P. The molecule has 0 bridgehead atoms. The maximum absolute atomic E-state index is 13.8. The Morgan fingerprint density at radius 1 is 0.593 bits per heavy atom. The molecule has 10 rings (SSSR count). The van der Waals surface area contributed by atoms with E-state index in [-0.39, 0.29) is 5.91 Å². The van der Waals surface area contributed by atoms with E-state index in [1.54, 1.807) is 6.07 Å². The average Bonchev–Trinajstić information content (AvgIpc) is 3.37. The lowest BCUT2D eigenvalue weighted by atomic mass is 9.80. The van der Waals surface area contributed by atoms with Gasteiger partial charge in [0.2, 0.25) is 0 Å². The van der Waals surface area contributed by atoms with Crippen molar-refractivity contribution in [2.45, 2.75) is 110 Å². The molecule has 54 heavy (non-hydrogen) atoms. The summed E-state index contributed by atoms with van der Waals surface area (Å²) >= 11 is 0. The van der Waals surface area contributed by atoms with E-state index >= 15 is 0 Å². The summed E-state index contributed by atoms with van der Waals surface area (Å²) in [5, 5.41) is 5.78. The fourth-order valence-electron chi connectivity index (χ4n) is 9.84. The number of carbonyl (C=O) groups is 1. The van der Waals surface area contributed by atoms with Crippen LogP contribution in [0.15, 0.2) is 75.1 Å². The third-order valence-electron chi connectivity index (χ3n) is 12.4. The lowest BCUT2D eigenvalue weighted by Gasteiger charge is -2.27. The summed E-state index contributed by atoms with van der Waals surface area (Å²) in [6, 6.07) is 23.2. The van der Waals surface area contributed by atoms with E-state index in [0.29, 0.717) is 5.69 Å². The fourth-order valence-corrected chi connectivity index (χ4v) is 10.9. The summed E-state index contributed by atoms with van der Waals surface area (Å²) in [5.74, 6) is 0.550. The van der Waals surface area contributed by atoms with Crippen LogP contribution in [0.5, 0.6) is 5.75 Å². The Hall–Kier alpha value is -4.80. The van der Waals surface area contributed by atoms with Crippen molar-refractivity contribution in [2.75, 3.05) is 5.32 Å². The van der Waals surface area contributed by atoms with Crippen LogP contribution in [-0.2, 0) is 51.4 Å². The first-order valence-electron chi connectivity index (χ1n) is 20.3. The fraction of sp³-hybridized carbons (Fsp3) is 0.362. The maximum Gasteiger partial charge on any atom is 0.453 e. The minimum atomic E-state index is -1.87. The van der Waals surface area contributed by atoms with Crippen LogP contribution in [0.25, 0.3) is 33.1 Å². The Balaban J connectivity index is 1.19. The Morgan fingerprint density at radius 3 is 1.69 bits per heavy atom. The number of nitrogens with zero attached hydrogens (tertiary/aromatic N) is 1. The smallest absolute Gasteiger partial charge is 0.390 e. The van der Waals surface area contributed by atoms with Gasteiger partial charge in [-0.3, -0.25) is 4.79 Å². The van der Waals surface area contributed by atoms with Crippen molar-refractivity contribution in [3.05, 3.63) is 123 Å². The Labute approximate surface area is 318 Å². The van der Waals surface area contributed by atoms with E-state index in [2.05, 4.69) is 58.8 Å². The van der Waals surface area contributed by atoms with Gasteiger partial charge >= 0.3 is 8.24 Å². The summed E-state index contributed by atoms with van der Waals surface area (Å²) in [5.41, 5.74) is 17.0. The molecule has 7 heteroatoms. The van der Waals surface area contributed by atoms with Gasteiger partial charge in [-0.2, -0.15) is 0 Å². The third kappa shape index (κ3) is 6.04. The van der Waals surface area contributed by atoms with E-state index in [4.69, 9.17) is 12.9 Å². The first-order valence-corrected chi connectivity index (χ1v) is 21.4. The Bertz CT molecular complexity index is 2440. The minimum absolute atomic E-state index is 0.206. The van der Waals surface area contributed by atoms with Gasteiger partial charge in [-0.05, 0) is 191 Å². The molecule has 6 aromatic rings. The van der Waals surface area contributed by atoms with Crippen LogP contribution in [-0.4, -0.2) is 10.9 Å². The molecule has 2 heterocycles. The largest absolute Gasteiger partial charge is 0.453 e. The van der Waals surface area contributed by atoms with E-state index in [1.807, 2.05) is 19.1 Å². The predicted octanol–water partition coefficient (Wildman–Crippen LogP) is 12.3. The van der Waals surface area contributed by atoms with Crippen LogP contribution in [0.2, 0.25) is 0 Å². The molecule has 0 saturated heterocycles. The number of aromatic nitrogens is 1. The lowest BCUT2D eigenvalue weighted by Crippen LogP contribution is -2.17. The standard InChI is InChI=1S/C47H47N2O4P/c1-29-11-10-20-39(48-29)47(50)49-38-25-21-30-12-2-6-16-34(30)43(38)44-35-17-7-3-13-31(35)22-26-40(44)51-54-52-41-27-23-32-14-4-8-18-36(32)45(41)46-37-19-9-5-15-33(37)24-28-42(46)53-54/h10-11,20-28H,2-9,12-19H2,1H3,(H,49,50). The number of rotatable bonds is 5. The summed E-state index contributed by atoms with van der Waals surface area (Å²) in [6.45, 7) is 1.92. The number of anilines is 1. The molecule has 0 unspecified atom stereocenters. The van der Waals surface area contributed by atoms with Crippen LogP contribution in [0, 0.1) is 6.92 Å². The summed E-state index contributed by atoms with van der Waals surface area (Å²) < 4.78 is 21.0. The molecular weight excluding hydrogens is 688 g/mol. The number of hydrogen-bond acceptors (Lipinski definition) is 5. The molecule has 0 saturated carbocycles. The van der Waals surface area contributed by atoms with Gasteiger partial charge in [0.05, 0.1) is 0 Å². The second-order valence-electron chi connectivity index (χ2n) is 15.8. The van der Waals surface area contributed by atoms with E-state index in [9.17, 15) is 4.79 Å². The quantitative estimate of drug-likeness (QED) is 0.191. The molecule has 4 aromatic carbocycles. The Morgan fingerprint density at radius 2 is 1.09 bits per heavy atom. The molecule has 0 radical (unpaired) electrons. The van der Waals surface area contributed by atoms with Crippen LogP contribution >= 0.6 is 8.24 Å². The van der Waals surface area contributed by atoms with Gasteiger partial charge in [-0.1, -0.05) is 30.3 Å². The van der Waals surface area contributed by atoms with Crippen LogP contribution in [0.4, 0.5) is 5.69 Å². The van der Waals surface area contributed by atoms with Crippen LogP contribution < -0.4 is 9.84 Å². The van der Waals surface area contributed by atoms with Crippen LogP contribution in [0.3, 0.4) is 0 Å². The molecule has 0 fully saturated rings. The highest BCUT2D eigenvalue weighted by atomic mass is 31.1. The lowest BCUT2D eigenvalue weighted by molar-refractivity contribution is 0.102. The molecule has 0 aliphatic heterocycles. The molecule has 0 spiro atoms. The van der Waals surface area contributed by atoms with Gasteiger partial charge < -0.3 is 18.2 Å².